The van der Waals surface area contributed by atoms with Gasteiger partial charge in [-0.2, -0.15) is 0 Å². The third-order valence-electron chi connectivity index (χ3n) is 4.80. The van der Waals surface area contributed by atoms with Crippen LogP contribution in [-0.2, 0) is 16.1 Å². The maximum atomic E-state index is 12.2. The normalized spacial score (nSPS) is 24.0. The van der Waals surface area contributed by atoms with Gasteiger partial charge in [-0.15, -0.1) is 0 Å². The van der Waals surface area contributed by atoms with Crippen molar-refractivity contribution < 1.29 is 9.59 Å². The summed E-state index contributed by atoms with van der Waals surface area (Å²) >= 11 is 5.84. The van der Waals surface area contributed by atoms with Gasteiger partial charge < -0.3 is 10.6 Å². The fraction of sp³-hybridized carbons (Fsp3) is 0.556. The molecule has 2 aliphatic carbocycles. The van der Waals surface area contributed by atoms with Crippen LogP contribution >= 0.6 is 11.6 Å². The summed E-state index contributed by atoms with van der Waals surface area (Å²) in [6, 6.07) is 7.71. The van der Waals surface area contributed by atoms with Gasteiger partial charge in [0, 0.05) is 17.6 Å². The second kappa shape index (κ2) is 7.35. The zero-order valence-electron chi connectivity index (χ0n) is 13.2. The molecule has 0 aliphatic heterocycles. The van der Waals surface area contributed by atoms with Crippen LogP contribution in [0.1, 0.15) is 44.1 Å². The molecule has 4 nitrogen and oxygen atoms in total. The molecule has 2 N–H and O–H groups in total. The number of benzene rings is 1. The summed E-state index contributed by atoms with van der Waals surface area (Å²) in [5.74, 6) is -0.264. The molecule has 0 heterocycles. The van der Waals surface area contributed by atoms with Crippen molar-refractivity contribution in [1.29, 1.82) is 0 Å². The Morgan fingerprint density at radius 2 is 1.65 bits per heavy atom. The molecule has 0 saturated heterocycles. The van der Waals surface area contributed by atoms with Gasteiger partial charge in [0.15, 0.2) is 0 Å². The zero-order chi connectivity index (χ0) is 16.2. The number of hydrogen-bond donors (Lipinski definition) is 2. The molecule has 2 aliphatic rings. The lowest BCUT2D eigenvalue weighted by molar-refractivity contribution is -0.127. The zero-order valence-corrected chi connectivity index (χ0v) is 13.9. The Bertz CT molecular complexity index is 567. The molecule has 2 atom stereocenters. The van der Waals surface area contributed by atoms with Gasteiger partial charge in [0.2, 0.25) is 11.8 Å². The Balaban J connectivity index is 1.41. The highest BCUT2D eigenvalue weighted by Gasteiger charge is 2.48. The van der Waals surface area contributed by atoms with Gasteiger partial charge >= 0.3 is 0 Å². The number of carbonyl (C=O) groups is 2. The van der Waals surface area contributed by atoms with Gasteiger partial charge in [-0.3, -0.25) is 9.59 Å². The molecule has 2 unspecified atom stereocenters. The summed E-state index contributed by atoms with van der Waals surface area (Å²) in [5.41, 5.74) is 1.01. The minimum absolute atomic E-state index is 0.0243. The molecular formula is C18H23ClN2O2. The van der Waals surface area contributed by atoms with Crippen molar-refractivity contribution in [2.24, 2.45) is 11.8 Å². The minimum Gasteiger partial charge on any atom is -0.353 e. The van der Waals surface area contributed by atoms with Gasteiger partial charge in [0.05, 0.1) is 11.8 Å². The first kappa shape index (κ1) is 16.3. The quantitative estimate of drug-likeness (QED) is 0.869. The van der Waals surface area contributed by atoms with Crippen LogP contribution in [0.4, 0.5) is 0 Å². The number of carbonyl (C=O) groups excluding carboxylic acids is 2. The predicted molar refractivity (Wildman–Crippen MR) is 89.9 cm³/mol. The van der Waals surface area contributed by atoms with Gasteiger partial charge in [-0.25, -0.2) is 0 Å². The van der Waals surface area contributed by atoms with E-state index in [1.165, 1.54) is 19.3 Å². The second-order valence-electron chi connectivity index (χ2n) is 6.64. The summed E-state index contributed by atoms with van der Waals surface area (Å²) in [4.78, 5) is 24.3. The van der Waals surface area contributed by atoms with E-state index >= 15 is 0 Å². The second-order valence-corrected chi connectivity index (χ2v) is 7.07. The smallest absolute Gasteiger partial charge is 0.224 e. The first-order valence-electron chi connectivity index (χ1n) is 8.46. The van der Waals surface area contributed by atoms with E-state index in [1.807, 2.05) is 12.1 Å². The van der Waals surface area contributed by atoms with Crippen molar-refractivity contribution in [3.05, 3.63) is 34.9 Å². The number of nitrogens with one attached hydrogen (secondary N) is 2. The van der Waals surface area contributed by atoms with Crippen molar-refractivity contribution >= 4 is 23.4 Å². The molecule has 23 heavy (non-hydrogen) atoms. The molecule has 0 bridgehead atoms. The van der Waals surface area contributed by atoms with Crippen molar-refractivity contribution in [1.82, 2.24) is 10.6 Å². The topological polar surface area (TPSA) is 58.2 Å². The molecular weight excluding hydrogens is 312 g/mol. The van der Waals surface area contributed by atoms with Crippen LogP contribution in [0.15, 0.2) is 24.3 Å². The van der Waals surface area contributed by atoms with Crippen LogP contribution < -0.4 is 10.6 Å². The van der Waals surface area contributed by atoms with E-state index in [0.29, 0.717) is 24.0 Å². The summed E-state index contributed by atoms with van der Waals surface area (Å²) in [7, 11) is 0. The number of hydrogen-bond acceptors (Lipinski definition) is 2. The van der Waals surface area contributed by atoms with Crippen LogP contribution in [0.25, 0.3) is 0 Å². The molecule has 5 heteroatoms. The molecule has 2 saturated carbocycles. The number of amides is 2. The summed E-state index contributed by atoms with van der Waals surface area (Å²) in [5, 5.41) is 6.70. The van der Waals surface area contributed by atoms with Crippen LogP contribution in [0.5, 0.6) is 0 Å². The lowest BCUT2D eigenvalue weighted by Crippen LogP contribution is -2.38. The third-order valence-corrected chi connectivity index (χ3v) is 5.05. The number of rotatable bonds is 5. The monoisotopic (exact) mass is 334 g/mol. The van der Waals surface area contributed by atoms with E-state index in [-0.39, 0.29) is 23.7 Å². The number of halogens is 1. The maximum absolute atomic E-state index is 12.2. The van der Waals surface area contributed by atoms with Crippen LogP contribution in [0, 0.1) is 11.8 Å². The van der Waals surface area contributed by atoms with Crippen molar-refractivity contribution in [2.45, 2.75) is 51.1 Å². The van der Waals surface area contributed by atoms with Crippen LogP contribution in [-0.4, -0.2) is 17.9 Å². The van der Waals surface area contributed by atoms with E-state index in [2.05, 4.69) is 10.6 Å². The van der Waals surface area contributed by atoms with Crippen molar-refractivity contribution in [3.8, 4) is 0 Å². The van der Waals surface area contributed by atoms with Crippen molar-refractivity contribution in [2.75, 3.05) is 0 Å². The van der Waals surface area contributed by atoms with Crippen molar-refractivity contribution in [3.63, 3.8) is 0 Å². The predicted octanol–water partition coefficient (Wildman–Crippen LogP) is 3.04. The molecule has 2 fully saturated rings. The molecule has 1 aromatic rings. The Morgan fingerprint density at radius 3 is 2.35 bits per heavy atom. The molecule has 0 spiro atoms. The minimum atomic E-state index is -0.161. The van der Waals surface area contributed by atoms with Crippen LogP contribution in [0.3, 0.4) is 0 Å². The first-order valence-corrected chi connectivity index (χ1v) is 8.84. The Hall–Kier alpha value is -1.55. The Labute approximate surface area is 142 Å². The third kappa shape index (κ3) is 4.47. The van der Waals surface area contributed by atoms with E-state index in [4.69, 9.17) is 11.6 Å². The standard InChI is InChI=1S/C18H23ClN2O2/c19-13-8-6-12(7-9-13)11-20-17(22)15-10-16(15)18(23)21-14-4-2-1-3-5-14/h6-9,14-16H,1-5,10-11H2,(H,20,22)(H,21,23). The fourth-order valence-corrected chi connectivity index (χ4v) is 3.38. The van der Waals surface area contributed by atoms with Gasteiger partial charge in [-0.1, -0.05) is 43.0 Å². The lowest BCUT2D eigenvalue weighted by Gasteiger charge is -2.22. The average Bonchev–Trinajstić information content (AvgIpc) is 3.36. The van der Waals surface area contributed by atoms with E-state index in [9.17, 15) is 9.59 Å². The fourth-order valence-electron chi connectivity index (χ4n) is 3.25. The lowest BCUT2D eigenvalue weighted by atomic mass is 9.95. The molecule has 124 valence electrons. The molecule has 0 aromatic heterocycles. The Morgan fingerprint density at radius 1 is 1.00 bits per heavy atom. The van der Waals surface area contributed by atoms with Gasteiger partial charge in [0.1, 0.15) is 0 Å². The molecule has 3 rings (SSSR count). The summed E-state index contributed by atoms with van der Waals surface area (Å²) in [6.45, 7) is 0.476. The molecule has 0 radical (unpaired) electrons. The van der Waals surface area contributed by atoms with Gasteiger partial charge in [-0.05, 0) is 37.0 Å². The summed E-state index contributed by atoms with van der Waals surface area (Å²) in [6.07, 6.45) is 6.48. The van der Waals surface area contributed by atoms with Crippen LogP contribution in [0.2, 0.25) is 5.02 Å². The van der Waals surface area contributed by atoms with E-state index < -0.39 is 0 Å². The maximum Gasteiger partial charge on any atom is 0.224 e. The first-order chi connectivity index (χ1) is 11.1. The highest BCUT2D eigenvalue weighted by Crippen LogP contribution is 2.39. The largest absolute Gasteiger partial charge is 0.353 e. The van der Waals surface area contributed by atoms with E-state index in [0.717, 1.165) is 18.4 Å². The summed E-state index contributed by atoms with van der Waals surface area (Å²) < 4.78 is 0. The molecule has 1 aromatic carbocycles. The highest BCUT2D eigenvalue weighted by molar-refractivity contribution is 6.30. The van der Waals surface area contributed by atoms with E-state index in [1.54, 1.807) is 12.1 Å². The molecule has 2 amide bonds. The SMILES string of the molecule is O=C(NCc1ccc(Cl)cc1)C1CC1C(=O)NC1CCCCC1. The Kier molecular flexibility index (Phi) is 5.21. The van der Waals surface area contributed by atoms with Gasteiger partial charge in [0.25, 0.3) is 0 Å². The average molecular weight is 335 g/mol. The highest BCUT2D eigenvalue weighted by atomic mass is 35.5.